The first-order valence-electron chi connectivity index (χ1n) is 6.11. The Morgan fingerprint density at radius 2 is 2.10 bits per heavy atom. The van der Waals surface area contributed by atoms with Crippen LogP contribution in [0.15, 0.2) is 24.4 Å². The molecule has 0 N–H and O–H groups in total. The van der Waals surface area contributed by atoms with Gasteiger partial charge in [-0.1, -0.05) is 17.7 Å². The van der Waals surface area contributed by atoms with E-state index in [1.54, 1.807) is 18.3 Å². The van der Waals surface area contributed by atoms with Crippen LogP contribution < -0.4 is 4.74 Å². The van der Waals surface area contributed by atoms with E-state index < -0.39 is 0 Å². The number of aromatic nitrogens is 2. The normalized spacial score (nSPS) is 20.8. The SMILES string of the molecule is COc1cc([C@@H]2C[C@H]2c2cnc(Cl)nc2Cl)ccc1F. The van der Waals surface area contributed by atoms with E-state index in [0.29, 0.717) is 5.15 Å². The van der Waals surface area contributed by atoms with Crippen molar-refractivity contribution in [2.45, 2.75) is 18.3 Å². The van der Waals surface area contributed by atoms with Crippen molar-refractivity contribution in [3.63, 3.8) is 0 Å². The summed E-state index contributed by atoms with van der Waals surface area (Å²) >= 11 is 11.8. The second-order valence-corrected chi connectivity index (χ2v) is 5.42. The van der Waals surface area contributed by atoms with Gasteiger partial charge in [0.05, 0.1) is 7.11 Å². The van der Waals surface area contributed by atoms with E-state index in [-0.39, 0.29) is 28.7 Å². The topological polar surface area (TPSA) is 35.0 Å². The predicted molar refractivity (Wildman–Crippen MR) is 75.1 cm³/mol. The van der Waals surface area contributed by atoms with Crippen molar-refractivity contribution in [3.8, 4) is 5.75 Å². The maximum Gasteiger partial charge on any atom is 0.223 e. The third-order valence-electron chi connectivity index (χ3n) is 3.53. The van der Waals surface area contributed by atoms with Crippen molar-refractivity contribution >= 4 is 23.2 Å². The molecule has 0 bridgehead atoms. The fraction of sp³-hybridized carbons (Fsp3) is 0.286. The quantitative estimate of drug-likeness (QED) is 0.629. The van der Waals surface area contributed by atoms with Gasteiger partial charge in [-0.05, 0) is 47.6 Å². The highest BCUT2D eigenvalue weighted by Gasteiger charge is 2.41. The number of rotatable bonds is 3. The van der Waals surface area contributed by atoms with E-state index in [1.165, 1.54) is 13.2 Å². The molecule has 1 aliphatic rings. The van der Waals surface area contributed by atoms with Crippen molar-refractivity contribution in [1.29, 1.82) is 0 Å². The Labute approximate surface area is 125 Å². The molecule has 3 rings (SSSR count). The summed E-state index contributed by atoms with van der Waals surface area (Å²) in [4.78, 5) is 7.91. The minimum absolute atomic E-state index is 0.138. The van der Waals surface area contributed by atoms with Crippen LogP contribution in [0.25, 0.3) is 0 Å². The predicted octanol–water partition coefficient (Wildman–Crippen LogP) is 4.20. The van der Waals surface area contributed by atoms with Crippen LogP contribution >= 0.6 is 23.2 Å². The van der Waals surface area contributed by atoms with Gasteiger partial charge in [-0.15, -0.1) is 0 Å². The lowest BCUT2D eigenvalue weighted by molar-refractivity contribution is 0.386. The number of benzene rings is 1. The van der Waals surface area contributed by atoms with E-state index >= 15 is 0 Å². The second-order valence-electron chi connectivity index (χ2n) is 4.73. The molecule has 1 aliphatic carbocycles. The zero-order valence-corrected chi connectivity index (χ0v) is 12.1. The Kier molecular flexibility index (Phi) is 3.52. The lowest BCUT2D eigenvalue weighted by Crippen LogP contribution is -1.93. The maximum absolute atomic E-state index is 13.4. The molecule has 6 heteroatoms. The van der Waals surface area contributed by atoms with Gasteiger partial charge >= 0.3 is 0 Å². The fourth-order valence-electron chi connectivity index (χ4n) is 2.41. The van der Waals surface area contributed by atoms with Gasteiger partial charge in [-0.3, -0.25) is 0 Å². The van der Waals surface area contributed by atoms with Crippen molar-refractivity contribution < 1.29 is 9.13 Å². The summed E-state index contributed by atoms with van der Waals surface area (Å²) in [6, 6.07) is 4.92. The van der Waals surface area contributed by atoms with Crippen molar-refractivity contribution in [2.75, 3.05) is 7.11 Å². The second kappa shape index (κ2) is 5.19. The van der Waals surface area contributed by atoms with E-state index in [0.717, 1.165) is 17.5 Å². The molecule has 20 heavy (non-hydrogen) atoms. The third kappa shape index (κ3) is 2.45. The minimum Gasteiger partial charge on any atom is -0.494 e. The maximum atomic E-state index is 13.4. The molecular weight excluding hydrogens is 302 g/mol. The molecule has 1 saturated carbocycles. The molecule has 0 unspecified atom stereocenters. The molecule has 0 spiro atoms. The lowest BCUT2D eigenvalue weighted by atomic mass is 10.1. The molecule has 104 valence electrons. The molecular formula is C14H11Cl2FN2O. The fourth-order valence-corrected chi connectivity index (χ4v) is 2.86. The van der Waals surface area contributed by atoms with Crippen LogP contribution in [-0.2, 0) is 0 Å². The van der Waals surface area contributed by atoms with Crippen molar-refractivity contribution in [3.05, 3.63) is 51.8 Å². The number of halogens is 3. The largest absolute Gasteiger partial charge is 0.494 e. The Morgan fingerprint density at radius 3 is 2.80 bits per heavy atom. The molecule has 2 atom stereocenters. The average Bonchev–Trinajstić information content (AvgIpc) is 3.19. The van der Waals surface area contributed by atoms with Crippen LogP contribution in [0.1, 0.15) is 29.4 Å². The third-order valence-corrected chi connectivity index (χ3v) is 4.02. The summed E-state index contributed by atoms with van der Waals surface area (Å²) in [6.45, 7) is 0. The van der Waals surface area contributed by atoms with Crippen LogP contribution in [0, 0.1) is 5.82 Å². The smallest absolute Gasteiger partial charge is 0.223 e. The molecule has 1 aromatic heterocycles. The Hall–Kier alpha value is -1.39. The van der Waals surface area contributed by atoms with Gasteiger partial charge in [0.25, 0.3) is 0 Å². The van der Waals surface area contributed by atoms with Crippen molar-refractivity contribution in [1.82, 2.24) is 9.97 Å². The standard InChI is InChI=1S/C14H11Cl2FN2O/c1-20-12-4-7(2-3-11(12)17)8-5-9(8)10-6-18-14(16)19-13(10)15/h2-4,6,8-9H,5H2,1H3/t8-,9+/m0/s1. The highest BCUT2D eigenvalue weighted by atomic mass is 35.5. The summed E-state index contributed by atoms with van der Waals surface area (Å²) in [5.74, 6) is 0.426. The Balaban J connectivity index is 1.85. The monoisotopic (exact) mass is 312 g/mol. The van der Waals surface area contributed by atoms with Gasteiger partial charge < -0.3 is 4.74 Å². The van der Waals surface area contributed by atoms with Gasteiger partial charge in [0, 0.05) is 11.8 Å². The summed E-state index contributed by atoms with van der Waals surface area (Å²) in [7, 11) is 1.45. The zero-order chi connectivity index (χ0) is 14.3. The zero-order valence-electron chi connectivity index (χ0n) is 10.6. The molecule has 0 aliphatic heterocycles. The number of nitrogens with zero attached hydrogens (tertiary/aromatic N) is 2. The lowest BCUT2D eigenvalue weighted by Gasteiger charge is -2.06. The molecule has 0 amide bonds. The van der Waals surface area contributed by atoms with Crippen LogP contribution in [0.3, 0.4) is 0 Å². The van der Waals surface area contributed by atoms with Crippen molar-refractivity contribution in [2.24, 2.45) is 0 Å². The van der Waals surface area contributed by atoms with E-state index in [2.05, 4.69) is 9.97 Å². The van der Waals surface area contributed by atoms with E-state index in [9.17, 15) is 4.39 Å². The Bertz CT molecular complexity index is 666. The minimum atomic E-state index is -0.360. The average molecular weight is 313 g/mol. The first-order valence-corrected chi connectivity index (χ1v) is 6.87. The number of hydrogen-bond donors (Lipinski definition) is 0. The molecule has 1 aromatic carbocycles. The van der Waals surface area contributed by atoms with Gasteiger partial charge in [0.2, 0.25) is 5.28 Å². The molecule has 3 nitrogen and oxygen atoms in total. The summed E-state index contributed by atoms with van der Waals surface area (Å²) < 4.78 is 18.4. The Morgan fingerprint density at radius 1 is 1.30 bits per heavy atom. The summed E-state index contributed by atoms with van der Waals surface area (Å²) in [5, 5.41) is 0.519. The summed E-state index contributed by atoms with van der Waals surface area (Å²) in [5.41, 5.74) is 1.91. The number of hydrogen-bond acceptors (Lipinski definition) is 3. The molecule has 2 aromatic rings. The molecule has 1 heterocycles. The highest BCUT2D eigenvalue weighted by Crippen LogP contribution is 2.56. The number of methoxy groups -OCH3 is 1. The molecule has 1 fully saturated rings. The van der Waals surface area contributed by atoms with Crippen LogP contribution in [0.5, 0.6) is 5.75 Å². The molecule has 0 radical (unpaired) electrons. The van der Waals surface area contributed by atoms with E-state index in [1.807, 2.05) is 0 Å². The van der Waals surface area contributed by atoms with Gasteiger partial charge in [0.15, 0.2) is 11.6 Å². The van der Waals surface area contributed by atoms with E-state index in [4.69, 9.17) is 27.9 Å². The van der Waals surface area contributed by atoms with Gasteiger partial charge in [-0.2, -0.15) is 0 Å². The molecule has 0 saturated heterocycles. The van der Waals surface area contributed by atoms with Gasteiger partial charge in [-0.25, -0.2) is 14.4 Å². The van der Waals surface area contributed by atoms with Crippen LogP contribution in [0.4, 0.5) is 4.39 Å². The first-order chi connectivity index (χ1) is 9.60. The first kappa shape index (κ1) is 13.6. The number of ether oxygens (including phenoxy) is 1. The van der Waals surface area contributed by atoms with Crippen LogP contribution in [-0.4, -0.2) is 17.1 Å². The van der Waals surface area contributed by atoms with Gasteiger partial charge in [0.1, 0.15) is 5.15 Å². The summed E-state index contributed by atoms with van der Waals surface area (Å²) in [6.07, 6.45) is 2.59. The highest BCUT2D eigenvalue weighted by molar-refractivity contribution is 6.32. The van der Waals surface area contributed by atoms with Crippen LogP contribution in [0.2, 0.25) is 10.4 Å².